The van der Waals surface area contributed by atoms with Crippen LogP contribution in [0.25, 0.3) is 0 Å². The Morgan fingerprint density at radius 1 is 1.18 bits per heavy atom. The zero-order valence-corrected chi connectivity index (χ0v) is 20.1. The van der Waals surface area contributed by atoms with Crippen LogP contribution >= 0.6 is 11.3 Å². The summed E-state index contributed by atoms with van der Waals surface area (Å²) in [6.07, 6.45) is 1.78. The Balaban J connectivity index is 1.59. The van der Waals surface area contributed by atoms with Gasteiger partial charge in [0, 0.05) is 19.7 Å². The molecule has 3 aromatic rings. The fourth-order valence-corrected chi connectivity index (χ4v) is 5.31. The SMILES string of the molecule is COc1ccc(CN(CC2CCCO2)C(=O)c2cccs2)cc1OS(=O)(=O)c1ccc(F)cc1. The summed E-state index contributed by atoms with van der Waals surface area (Å²) in [4.78, 5) is 15.3. The molecule has 1 aliphatic rings. The second kappa shape index (κ2) is 10.5. The third-order valence-corrected chi connectivity index (χ3v) is 7.48. The molecule has 0 aliphatic carbocycles. The van der Waals surface area contributed by atoms with Crippen molar-refractivity contribution >= 4 is 27.4 Å². The van der Waals surface area contributed by atoms with Gasteiger partial charge in [-0.15, -0.1) is 11.3 Å². The van der Waals surface area contributed by atoms with Crippen LogP contribution in [0.15, 0.2) is 64.9 Å². The van der Waals surface area contributed by atoms with Crippen molar-refractivity contribution in [3.8, 4) is 11.5 Å². The highest BCUT2D eigenvalue weighted by Gasteiger charge is 2.25. The molecule has 1 aromatic heterocycles. The van der Waals surface area contributed by atoms with Crippen molar-refractivity contribution in [1.29, 1.82) is 0 Å². The monoisotopic (exact) mass is 505 g/mol. The van der Waals surface area contributed by atoms with Gasteiger partial charge in [-0.2, -0.15) is 8.42 Å². The number of halogens is 1. The zero-order chi connectivity index (χ0) is 24.1. The number of methoxy groups -OCH3 is 1. The van der Waals surface area contributed by atoms with Gasteiger partial charge in [-0.05, 0) is 66.2 Å². The van der Waals surface area contributed by atoms with Crippen LogP contribution in [0.1, 0.15) is 28.1 Å². The average molecular weight is 506 g/mol. The Morgan fingerprint density at radius 3 is 2.62 bits per heavy atom. The van der Waals surface area contributed by atoms with E-state index in [-0.39, 0.29) is 35.0 Å². The molecule has 180 valence electrons. The first-order chi connectivity index (χ1) is 16.4. The number of hydrogen-bond acceptors (Lipinski definition) is 7. The fraction of sp³-hybridized carbons (Fsp3) is 0.292. The third kappa shape index (κ3) is 5.75. The maximum atomic E-state index is 13.2. The van der Waals surface area contributed by atoms with Crippen molar-refractivity contribution in [3.63, 3.8) is 0 Å². The largest absolute Gasteiger partial charge is 0.493 e. The molecule has 10 heteroatoms. The highest BCUT2D eigenvalue weighted by atomic mass is 32.2. The van der Waals surface area contributed by atoms with E-state index in [1.807, 2.05) is 11.4 Å². The summed E-state index contributed by atoms with van der Waals surface area (Å²) in [5.74, 6) is -0.488. The Bertz CT molecular complexity index is 1220. The number of amides is 1. The van der Waals surface area contributed by atoms with Crippen LogP contribution in [0.2, 0.25) is 0 Å². The molecular formula is C24H24FNO6S2. The summed E-state index contributed by atoms with van der Waals surface area (Å²) in [6, 6.07) is 12.8. The minimum Gasteiger partial charge on any atom is -0.493 e. The molecule has 1 amide bonds. The van der Waals surface area contributed by atoms with Crippen LogP contribution in [-0.2, 0) is 21.4 Å². The van der Waals surface area contributed by atoms with Gasteiger partial charge in [0.05, 0.1) is 18.1 Å². The molecule has 1 fully saturated rings. The molecule has 0 bridgehead atoms. The van der Waals surface area contributed by atoms with Crippen LogP contribution in [0.5, 0.6) is 11.5 Å². The van der Waals surface area contributed by atoms with Gasteiger partial charge >= 0.3 is 10.1 Å². The molecule has 0 spiro atoms. The van der Waals surface area contributed by atoms with E-state index >= 15 is 0 Å². The molecule has 7 nitrogen and oxygen atoms in total. The van der Waals surface area contributed by atoms with Gasteiger partial charge in [-0.3, -0.25) is 4.79 Å². The number of rotatable bonds is 9. The minimum absolute atomic E-state index is 0.0232. The van der Waals surface area contributed by atoms with Crippen molar-refractivity contribution in [1.82, 2.24) is 4.90 Å². The molecule has 1 saturated heterocycles. The standard InChI is InChI=1S/C24H24FNO6S2/c1-30-21-11-6-17(14-22(21)32-34(28,29)20-9-7-18(25)8-10-20)15-26(16-19-4-2-12-31-19)24(27)23-5-3-13-33-23/h3,5-11,13-14,19H,2,4,12,15-16H2,1H3. The van der Waals surface area contributed by atoms with Crippen LogP contribution in [-0.4, -0.2) is 45.6 Å². The number of ether oxygens (including phenoxy) is 2. The fourth-order valence-electron chi connectivity index (χ4n) is 3.68. The van der Waals surface area contributed by atoms with Crippen molar-refractivity contribution in [2.75, 3.05) is 20.3 Å². The normalized spacial score (nSPS) is 15.8. The number of benzene rings is 2. The average Bonchev–Trinajstić information content (AvgIpc) is 3.53. The molecule has 1 atom stereocenters. The first-order valence-corrected chi connectivity index (χ1v) is 13.0. The maximum Gasteiger partial charge on any atom is 0.339 e. The van der Waals surface area contributed by atoms with Crippen LogP contribution in [0.4, 0.5) is 4.39 Å². The van der Waals surface area contributed by atoms with Crippen LogP contribution in [0, 0.1) is 5.82 Å². The Kier molecular flexibility index (Phi) is 7.50. The van der Waals surface area contributed by atoms with E-state index in [2.05, 4.69) is 0 Å². The van der Waals surface area contributed by atoms with Crippen molar-refractivity contribution < 1.29 is 31.3 Å². The maximum absolute atomic E-state index is 13.2. The van der Waals surface area contributed by atoms with Gasteiger partial charge < -0.3 is 18.6 Å². The lowest BCUT2D eigenvalue weighted by Gasteiger charge is -2.25. The summed E-state index contributed by atoms with van der Waals surface area (Å²) in [5.41, 5.74) is 0.660. The molecule has 4 rings (SSSR count). The molecular weight excluding hydrogens is 481 g/mol. The highest BCUT2D eigenvalue weighted by Crippen LogP contribution is 2.32. The van der Waals surface area contributed by atoms with Crippen LogP contribution in [0.3, 0.4) is 0 Å². The first kappa shape index (κ1) is 24.2. The van der Waals surface area contributed by atoms with E-state index in [1.165, 1.54) is 24.5 Å². The lowest BCUT2D eigenvalue weighted by Crippen LogP contribution is -2.36. The van der Waals surface area contributed by atoms with E-state index in [1.54, 1.807) is 23.1 Å². The zero-order valence-electron chi connectivity index (χ0n) is 18.5. The summed E-state index contributed by atoms with van der Waals surface area (Å²) < 4.78 is 55.0. The third-order valence-electron chi connectivity index (χ3n) is 5.37. The Labute approximate surface area is 201 Å². The predicted molar refractivity (Wildman–Crippen MR) is 125 cm³/mol. The molecule has 2 aromatic carbocycles. The van der Waals surface area contributed by atoms with E-state index in [0.29, 0.717) is 23.6 Å². The Hall–Kier alpha value is -2.95. The lowest BCUT2D eigenvalue weighted by atomic mass is 10.1. The quantitative estimate of drug-likeness (QED) is 0.399. The molecule has 2 heterocycles. The smallest absolute Gasteiger partial charge is 0.339 e. The second-order valence-electron chi connectivity index (χ2n) is 7.77. The first-order valence-electron chi connectivity index (χ1n) is 10.7. The van der Waals surface area contributed by atoms with E-state index < -0.39 is 15.9 Å². The highest BCUT2D eigenvalue weighted by molar-refractivity contribution is 7.87. The Morgan fingerprint density at radius 2 is 1.97 bits per heavy atom. The molecule has 34 heavy (non-hydrogen) atoms. The topological polar surface area (TPSA) is 82.1 Å². The second-order valence-corrected chi connectivity index (χ2v) is 10.3. The van der Waals surface area contributed by atoms with Gasteiger partial charge in [-0.25, -0.2) is 4.39 Å². The van der Waals surface area contributed by atoms with Gasteiger partial charge in [0.25, 0.3) is 5.91 Å². The molecule has 0 N–H and O–H groups in total. The summed E-state index contributed by atoms with van der Waals surface area (Å²) in [7, 11) is -2.82. The lowest BCUT2D eigenvalue weighted by molar-refractivity contribution is 0.0511. The van der Waals surface area contributed by atoms with Gasteiger partial charge in [0.1, 0.15) is 10.7 Å². The minimum atomic E-state index is -4.22. The van der Waals surface area contributed by atoms with Crippen molar-refractivity contribution in [2.45, 2.75) is 30.4 Å². The number of nitrogens with zero attached hydrogens (tertiary/aromatic N) is 1. The predicted octanol–water partition coefficient (Wildman–Crippen LogP) is 4.48. The van der Waals surface area contributed by atoms with Crippen molar-refractivity contribution in [3.05, 3.63) is 76.2 Å². The van der Waals surface area contributed by atoms with E-state index in [9.17, 15) is 17.6 Å². The molecule has 0 radical (unpaired) electrons. The number of hydrogen-bond donors (Lipinski definition) is 0. The van der Waals surface area contributed by atoms with Gasteiger partial charge in [0.2, 0.25) is 0 Å². The summed E-state index contributed by atoms with van der Waals surface area (Å²) in [6.45, 7) is 1.33. The molecule has 0 saturated carbocycles. The van der Waals surface area contributed by atoms with Gasteiger partial charge in [-0.1, -0.05) is 12.1 Å². The number of thiophene rings is 1. The van der Waals surface area contributed by atoms with E-state index in [4.69, 9.17) is 13.7 Å². The molecule has 1 unspecified atom stereocenters. The van der Waals surface area contributed by atoms with E-state index in [0.717, 1.165) is 37.1 Å². The number of carbonyl (C=O) groups is 1. The summed E-state index contributed by atoms with van der Waals surface area (Å²) >= 11 is 1.36. The molecule has 1 aliphatic heterocycles. The van der Waals surface area contributed by atoms with Crippen LogP contribution < -0.4 is 8.92 Å². The number of carbonyl (C=O) groups excluding carboxylic acids is 1. The van der Waals surface area contributed by atoms with Gasteiger partial charge in [0.15, 0.2) is 11.5 Å². The summed E-state index contributed by atoms with van der Waals surface area (Å²) in [5, 5.41) is 1.84. The van der Waals surface area contributed by atoms with Crippen molar-refractivity contribution in [2.24, 2.45) is 0 Å².